The van der Waals surface area contributed by atoms with Crippen LogP contribution in [0, 0.1) is 0 Å². The lowest BCUT2D eigenvalue weighted by atomic mass is 10.2. The zero-order chi connectivity index (χ0) is 24.9. The first-order valence-electron chi connectivity index (χ1n) is 9.76. The number of nitrogens with one attached hydrogen (secondary N) is 1. The van der Waals surface area contributed by atoms with E-state index in [2.05, 4.69) is 10.3 Å². The molecule has 0 aliphatic carbocycles. The van der Waals surface area contributed by atoms with Gasteiger partial charge in [0, 0.05) is 42.3 Å². The number of carbonyl (C=O) groups excluding carboxylic acids is 2. The maximum atomic E-state index is 13.1. The highest BCUT2D eigenvalue weighted by atomic mass is 32.1. The summed E-state index contributed by atoms with van der Waals surface area (Å²) in [4.78, 5) is 29.9. The van der Waals surface area contributed by atoms with Crippen molar-refractivity contribution in [2.75, 3.05) is 24.4 Å². The molecule has 0 radical (unpaired) electrons. The number of ether oxygens (including phenoxy) is 2. The van der Waals surface area contributed by atoms with Gasteiger partial charge in [0.1, 0.15) is 11.5 Å². The number of halogens is 3. The molecule has 0 saturated carbocycles. The topological polar surface area (TPSA) is 80.8 Å². The van der Waals surface area contributed by atoms with E-state index in [1.165, 1.54) is 45.4 Å². The summed E-state index contributed by atoms with van der Waals surface area (Å²) in [5.41, 5.74) is -0.0237. The monoisotopic (exact) mass is 491 g/mol. The minimum absolute atomic E-state index is 0.0388. The van der Waals surface area contributed by atoms with Gasteiger partial charge < -0.3 is 14.8 Å². The van der Waals surface area contributed by atoms with Gasteiger partial charge in [0.25, 0.3) is 0 Å². The summed E-state index contributed by atoms with van der Waals surface area (Å²) in [6.07, 6.45) is -1.88. The van der Waals surface area contributed by atoms with Crippen molar-refractivity contribution >= 4 is 45.7 Å². The number of amides is 2. The summed E-state index contributed by atoms with van der Waals surface area (Å²) in [7, 11) is 2.98. The number of anilines is 3. The lowest BCUT2D eigenvalue weighted by Gasteiger charge is -2.19. The molecular formula is C23H20F3N3O4S. The molecule has 178 valence electrons. The Bertz CT molecular complexity index is 1200. The lowest BCUT2D eigenvalue weighted by molar-refractivity contribution is -0.137. The summed E-state index contributed by atoms with van der Waals surface area (Å²) < 4.78 is 49.6. The minimum Gasteiger partial charge on any atom is -0.497 e. The Morgan fingerprint density at radius 1 is 1.09 bits per heavy atom. The highest BCUT2D eigenvalue weighted by Gasteiger charge is 2.31. The summed E-state index contributed by atoms with van der Waals surface area (Å²) in [6.45, 7) is 1.23. The van der Waals surface area contributed by atoms with E-state index in [0.717, 1.165) is 28.4 Å². The minimum atomic E-state index is -4.55. The number of methoxy groups -OCH3 is 2. The fraction of sp³-hybridized carbons (Fsp3) is 0.174. The zero-order valence-electron chi connectivity index (χ0n) is 18.3. The van der Waals surface area contributed by atoms with E-state index in [9.17, 15) is 22.8 Å². The van der Waals surface area contributed by atoms with Crippen LogP contribution in [0.15, 0.2) is 53.9 Å². The van der Waals surface area contributed by atoms with Gasteiger partial charge in [0.2, 0.25) is 11.8 Å². The number of aromatic nitrogens is 1. The van der Waals surface area contributed by atoms with Crippen LogP contribution in [-0.4, -0.2) is 31.0 Å². The van der Waals surface area contributed by atoms with E-state index in [0.29, 0.717) is 22.9 Å². The van der Waals surface area contributed by atoms with Crippen LogP contribution in [0.5, 0.6) is 11.5 Å². The molecule has 3 aromatic rings. The van der Waals surface area contributed by atoms with Gasteiger partial charge in [0.05, 0.1) is 31.2 Å². The quantitative estimate of drug-likeness (QED) is 0.441. The predicted octanol–water partition coefficient (Wildman–Crippen LogP) is 5.52. The first kappa shape index (κ1) is 24.8. The molecule has 11 heteroatoms. The van der Waals surface area contributed by atoms with Gasteiger partial charge in [-0.25, -0.2) is 4.98 Å². The predicted molar refractivity (Wildman–Crippen MR) is 124 cm³/mol. The van der Waals surface area contributed by atoms with E-state index in [1.54, 1.807) is 23.6 Å². The van der Waals surface area contributed by atoms with Crippen molar-refractivity contribution in [3.05, 3.63) is 65.2 Å². The van der Waals surface area contributed by atoms with Crippen LogP contribution in [0.1, 0.15) is 18.2 Å². The van der Waals surface area contributed by atoms with Gasteiger partial charge in [-0.15, -0.1) is 11.3 Å². The van der Waals surface area contributed by atoms with Gasteiger partial charge in [-0.3, -0.25) is 14.5 Å². The zero-order valence-corrected chi connectivity index (χ0v) is 19.2. The largest absolute Gasteiger partial charge is 0.497 e. The third kappa shape index (κ3) is 6.13. The number of benzene rings is 2. The fourth-order valence-electron chi connectivity index (χ4n) is 2.93. The molecule has 2 amide bonds. The first-order chi connectivity index (χ1) is 16.1. The molecular weight excluding hydrogens is 471 g/mol. The van der Waals surface area contributed by atoms with Crippen molar-refractivity contribution in [2.24, 2.45) is 0 Å². The Morgan fingerprint density at radius 2 is 1.76 bits per heavy atom. The molecule has 0 aliphatic heterocycles. The van der Waals surface area contributed by atoms with Gasteiger partial charge in [0.15, 0.2) is 5.13 Å². The molecule has 1 N–H and O–H groups in total. The van der Waals surface area contributed by atoms with E-state index in [4.69, 9.17) is 9.47 Å². The van der Waals surface area contributed by atoms with Crippen molar-refractivity contribution in [1.82, 2.24) is 4.98 Å². The second-order valence-electron chi connectivity index (χ2n) is 6.88. The molecule has 0 bridgehead atoms. The summed E-state index contributed by atoms with van der Waals surface area (Å²) in [5, 5.41) is 4.43. The standard InChI is InChI=1S/C23H20F3N3O4S/c1-14(30)29(18-6-4-5-15(9-18)23(24,25)26)22-28-16(13-34-22)7-8-21(31)27-17-10-19(32-2)12-20(11-17)33-3/h4-13H,1-3H3,(H,27,31)/b8-7+. The summed E-state index contributed by atoms with van der Waals surface area (Å²) in [5.74, 6) is 0.0449. The van der Waals surface area contributed by atoms with Crippen molar-refractivity contribution < 1.29 is 32.2 Å². The van der Waals surface area contributed by atoms with E-state index in [1.807, 2.05) is 0 Å². The Kier molecular flexibility index (Phi) is 7.57. The average Bonchev–Trinajstić information content (AvgIpc) is 3.25. The third-order valence-corrected chi connectivity index (χ3v) is 5.32. The number of hydrogen-bond donors (Lipinski definition) is 1. The van der Waals surface area contributed by atoms with Gasteiger partial charge in [-0.05, 0) is 24.3 Å². The molecule has 7 nitrogen and oxygen atoms in total. The Labute approximate surface area is 197 Å². The van der Waals surface area contributed by atoms with Crippen LogP contribution in [-0.2, 0) is 15.8 Å². The molecule has 0 atom stereocenters. The molecule has 0 spiro atoms. The van der Waals surface area contributed by atoms with Crippen molar-refractivity contribution in [2.45, 2.75) is 13.1 Å². The van der Waals surface area contributed by atoms with Crippen LogP contribution in [0.3, 0.4) is 0 Å². The molecule has 0 fully saturated rings. The maximum Gasteiger partial charge on any atom is 0.416 e. The highest BCUT2D eigenvalue weighted by molar-refractivity contribution is 7.14. The normalized spacial score (nSPS) is 11.4. The number of alkyl halides is 3. The smallest absolute Gasteiger partial charge is 0.416 e. The third-order valence-electron chi connectivity index (χ3n) is 4.47. The van der Waals surface area contributed by atoms with Crippen molar-refractivity contribution in [3.63, 3.8) is 0 Å². The van der Waals surface area contributed by atoms with E-state index in [-0.39, 0.29) is 10.8 Å². The van der Waals surface area contributed by atoms with Crippen molar-refractivity contribution in [1.29, 1.82) is 0 Å². The Balaban J connectivity index is 1.77. The van der Waals surface area contributed by atoms with Gasteiger partial charge in [-0.1, -0.05) is 6.07 Å². The molecule has 34 heavy (non-hydrogen) atoms. The number of hydrogen-bond acceptors (Lipinski definition) is 6. The van der Waals surface area contributed by atoms with Crippen molar-refractivity contribution in [3.8, 4) is 11.5 Å². The van der Waals surface area contributed by atoms with Crippen LogP contribution in [0.4, 0.5) is 29.7 Å². The summed E-state index contributed by atoms with van der Waals surface area (Å²) >= 11 is 1.06. The van der Waals surface area contributed by atoms with Crippen LogP contribution >= 0.6 is 11.3 Å². The second kappa shape index (κ2) is 10.4. The lowest BCUT2D eigenvalue weighted by Crippen LogP contribution is -2.23. The number of rotatable bonds is 7. The van der Waals surface area contributed by atoms with Gasteiger partial charge in [-0.2, -0.15) is 13.2 Å². The maximum absolute atomic E-state index is 13.1. The first-order valence-corrected chi connectivity index (χ1v) is 10.6. The molecule has 0 unspecified atom stereocenters. The van der Waals surface area contributed by atoms with Crippen LogP contribution < -0.4 is 19.7 Å². The Morgan fingerprint density at radius 3 is 2.35 bits per heavy atom. The molecule has 2 aromatic carbocycles. The van der Waals surface area contributed by atoms with E-state index < -0.39 is 23.6 Å². The fourth-order valence-corrected chi connectivity index (χ4v) is 3.78. The molecule has 1 aromatic heterocycles. The number of thiazole rings is 1. The Hall–Kier alpha value is -3.86. The van der Waals surface area contributed by atoms with E-state index >= 15 is 0 Å². The molecule has 1 heterocycles. The average molecular weight is 491 g/mol. The van der Waals surface area contributed by atoms with Crippen LogP contribution in [0.25, 0.3) is 6.08 Å². The highest BCUT2D eigenvalue weighted by Crippen LogP contribution is 2.35. The summed E-state index contributed by atoms with van der Waals surface area (Å²) in [6, 6.07) is 9.32. The molecule has 0 aliphatic rings. The van der Waals surface area contributed by atoms with Gasteiger partial charge >= 0.3 is 6.18 Å². The number of carbonyl (C=O) groups is 2. The second-order valence-corrected chi connectivity index (χ2v) is 7.72. The number of nitrogens with zero attached hydrogens (tertiary/aromatic N) is 2. The molecule has 0 saturated heterocycles. The SMILES string of the molecule is COc1cc(NC(=O)/C=C/c2csc(N(C(C)=O)c3cccc(C(F)(F)F)c3)n2)cc(OC)c1. The van der Waals surface area contributed by atoms with Crippen LogP contribution in [0.2, 0.25) is 0 Å². The molecule has 3 rings (SSSR count).